The average Bonchev–Trinajstić information content (AvgIpc) is 3.15. The molecule has 2 aliphatic carbocycles. The van der Waals surface area contributed by atoms with Crippen LogP contribution in [0.1, 0.15) is 56.1 Å². The second-order valence-corrected chi connectivity index (χ2v) is 9.53. The summed E-state index contributed by atoms with van der Waals surface area (Å²) in [6.45, 7) is 1.59. The molecule has 1 unspecified atom stereocenters. The smallest absolute Gasteiger partial charge is 0.324 e. The maximum Gasteiger partial charge on any atom is 0.324 e. The van der Waals surface area contributed by atoms with Crippen LogP contribution in [0.4, 0.5) is 10.1 Å². The van der Waals surface area contributed by atoms with Gasteiger partial charge < -0.3 is 25.9 Å². The standard InChI is InChI=1S/C24H26FN7O2/c1-11(33)21-28-9-14(10-29-21)34-23-31-19(12-7-24(8-12)4-3-17(24)26)18-15-5-13(25)6-16(27-2)20(15)30-22(18)32-23/h5-6,9-12,17,27,33H,3-4,7-8,26H2,1-2H3,(H,30,31,32)/t11?,12?,17-,24?/m1/s1. The Morgan fingerprint density at radius 3 is 2.65 bits per heavy atom. The number of halogens is 1. The molecule has 0 saturated heterocycles. The van der Waals surface area contributed by atoms with Gasteiger partial charge in [0.1, 0.15) is 17.6 Å². The Labute approximate surface area is 195 Å². The van der Waals surface area contributed by atoms with E-state index in [0.717, 1.165) is 47.7 Å². The first-order chi connectivity index (χ1) is 16.4. The Hall–Kier alpha value is -3.37. The van der Waals surface area contributed by atoms with E-state index in [-0.39, 0.29) is 29.2 Å². The van der Waals surface area contributed by atoms with Crippen LogP contribution in [0.25, 0.3) is 21.9 Å². The number of rotatable bonds is 5. The van der Waals surface area contributed by atoms with Gasteiger partial charge in [0.15, 0.2) is 11.6 Å². The summed E-state index contributed by atoms with van der Waals surface area (Å²) in [4.78, 5) is 20.9. The van der Waals surface area contributed by atoms with E-state index in [0.29, 0.717) is 22.9 Å². The van der Waals surface area contributed by atoms with Gasteiger partial charge in [-0.05, 0) is 50.2 Å². The lowest BCUT2D eigenvalue weighted by atomic mass is 9.48. The molecule has 34 heavy (non-hydrogen) atoms. The van der Waals surface area contributed by atoms with Gasteiger partial charge in [-0.1, -0.05) is 0 Å². The fraction of sp³-hybridized carbons (Fsp3) is 0.417. The normalized spacial score (nSPS) is 24.7. The maximum atomic E-state index is 14.4. The van der Waals surface area contributed by atoms with E-state index in [9.17, 15) is 9.50 Å². The Kier molecular flexibility index (Phi) is 4.72. The Morgan fingerprint density at radius 1 is 1.26 bits per heavy atom. The number of anilines is 1. The molecule has 5 N–H and O–H groups in total. The van der Waals surface area contributed by atoms with Gasteiger partial charge in [-0.2, -0.15) is 9.97 Å². The second kappa shape index (κ2) is 7.57. The zero-order valence-electron chi connectivity index (χ0n) is 19.0. The molecule has 2 saturated carbocycles. The number of benzene rings is 1. The minimum absolute atomic E-state index is 0.160. The molecule has 176 valence electrons. The van der Waals surface area contributed by atoms with Crippen LogP contribution >= 0.6 is 0 Å². The lowest BCUT2D eigenvalue weighted by molar-refractivity contribution is -0.0181. The van der Waals surface area contributed by atoms with E-state index < -0.39 is 6.10 Å². The van der Waals surface area contributed by atoms with Gasteiger partial charge in [-0.3, -0.25) is 0 Å². The molecular weight excluding hydrogens is 437 g/mol. The summed E-state index contributed by atoms with van der Waals surface area (Å²) in [6, 6.07) is 3.37. The molecule has 2 atom stereocenters. The van der Waals surface area contributed by atoms with Crippen molar-refractivity contribution in [3.8, 4) is 11.8 Å². The molecular formula is C24H26FN7O2. The van der Waals surface area contributed by atoms with E-state index in [1.807, 2.05) is 0 Å². The zero-order valence-corrected chi connectivity index (χ0v) is 19.0. The number of aromatic nitrogens is 5. The quantitative estimate of drug-likeness (QED) is 0.350. The van der Waals surface area contributed by atoms with Crippen LogP contribution in [0.5, 0.6) is 11.8 Å². The van der Waals surface area contributed by atoms with E-state index in [1.54, 1.807) is 14.0 Å². The van der Waals surface area contributed by atoms with Crippen molar-refractivity contribution in [1.29, 1.82) is 0 Å². The number of fused-ring (bicyclic) bond motifs is 3. The van der Waals surface area contributed by atoms with Gasteiger partial charge >= 0.3 is 6.01 Å². The molecule has 0 amide bonds. The number of hydrogen-bond donors (Lipinski definition) is 4. The highest BCUT2D eigenvalue weighted by Crippen LogP contribution is 2.61. The fourth-order valence-corrected chi connectivity index (χ4v) is 5.45. The molecule has 2 aliphatic rings. The molecule has 4 aromatic rings. The number of ether oxygens (including phenoxy) is 1. The predicted molar refractivity (Wildman–Crippen MR) is 125 cm³/mol. The highest BCUT2D eigenvalue weighted by molar-refractivity contribution is 6.11. The van der Waals surface area contributed by atoms with Gasteiger partial charge in [-0.15, -0.1) is 0 Å². The van der Waals surface area contributed by atoms with Crippen molar-refractivity contribution < 1.29 is 14.2 Å². The van der Waals surface area contributed by atoms with Crippen LogP contribution in [0.2, 0.25) is 0 Å². The minimum atomic E-state index is -0.773. The summed E-state index contributed by atoms with van der Waals surface area (Å²) in [6.07, 6.45) is 6.29. The van der Waals surface area contributed by atoms with Crippen LogP contribution in [0.15, 0.2) is 24.5 Å². The summed E-state index contributed by atoms with van der Waals surface area (Å²) in [7, 11) is 1.76. The van der Waals surface area contributed by atoms with Crippen molar-refractivity contribution in [2.75, 3.05) is 12.4 Å². The summed E-state index contributed by atoms with van der Waals surface area (Å²) in [5.41, 5.74) is 9.34. The first kappa shape index (κ1) is 21.2. The molecule has 0 aliphatic heterocycles. The molecule has 9 nitrogen and oxygen atoms in total. The maximum absolute atomic E-state index is 14.4. The first-order valence-corrected chi connectivity index (χ1v) is 11.5. The Morgan fingerprint density at radius 2 is 2.03 bits per heavy atom. The van der Waals surface area contributed by atoms with E-state index >= 15 is 0 Å². The van der Waals surface area contributed by atoms with E-state index in [4.69, 9.17) is 15.5 Å². The molecule has 0 radical (unpaired) electrons. The van der Waals surface area contributed by atoms with Gasteiger partial charge in [0.05, 0.1) is 29.3 Å². The molecule has 0 bridgehead atoms. The summed E-state index contributed by atoms with van der Waals surface area (Å²) in [5, 5.41) is 14.2. The number of nitrogens with zero attached hydrogens (tertiary/aromatic N) is 4. The van der Waals surface area contributed by atoms with E-state index in [1.165, 1.54) is 24.5 Å². The molecule has 10 heteroatoms. The number of aromatic amines is 1. The van der Waals surface area contributed by atoms with Gasteiger partial charge in [0.2, 0.25) is 0 Å². The minimum Gasteiger partial charge on any atom is -0.421 e. The Balaban J connectivity index is 1.46. The summed E-state index contributed by atoms with van der Waals surface area (Å²) < 4.78 is 20.4. The summed E-state index contributed by atoms with van der Waals surface area (Å²) >= 11 is 0. The average molecular weight is 464 g/mol. The van der Waals surface area contributed by atoms with E-state index in [2.05, 4.69) is 25.3 Å². The lowest BCUT2D eigenvalue weighted by Gasteiger charge is -2.58. The molecule has 1 aromatic carbocycles. The Bertz CT molecular complexity index is 1400. The third-order valence-electron chi connectivity index (χ3n) is 7.46. The highest BCUT2D eigenvalue weighted by Gasteiger charge is 2.54. The predicted octanol–water partition coefficient (Wildman–Crippen LogP) is 3.91. The lowest BCUT2D eigenvalue weighted by Crippen LogP contribution is -2.57. The number of hydrogen-bond acceptors (Lipinski definition) is 8. The molecule has 3 aromatic heterocycles. The van der Waals surface area contributed by atoms with Crippen molar-refractivity contribution in [1.82, 2.24) is 24.9 Å². The van der Waals surface area contributed by atoms with Crippen LogP contribution in [0, 0.1) is 11.2 Å². The first-order valence-electron chi connectivity index (χ1n) is 11.5. The molecule has 3 heterocycles. The fourth-order valence-electron chi connectivity index (χ4n) is 5.45. The topological polar surface area (TPSA) is 135 Å². The molecule has 6 rings (SSSR count). The highest BCUT2D eigenvalue weighted by atomic mass is 19.1. The summed E-state index contributed by atoms with van der Waals surface area (Å²) in [5.74, 6) is 0.524. The van der Waals surface area contributed by atoms with Crippen molar-refractivity contribution in [3.63, 3.8) is 0 Å². The van der Waals surface area contributed by atoms with Gasteiger partial charge in [0, 0.05) is 29.8 Å². The number of nitrogens with one attached hydrogen (secondary N) is 2. The zero-order chi connectivity index (χ0) is 23.6. The van der Waals surface area contributed by atoms with Crippen molar-refractivity contribution >= 4 is 27.6 Å². The van der Waals surface area contributed by atoms with Crippen LogP contribution in [0.3, 0.4) is 0 Å². The third-order valence-corrected chi connectivity index (χ3v) is 7.46. The van der Waals surface area contributed by atoms with Gasteiger partial charge in [0.25, 0.3) is 0 Å². The monoisotopic (exact) mass is 463 g/mol. The van der Waals surface area contributed by atoms with Crippen molar-refractivity contribution in [2.45, 2.75) is 50.7 Å². The number of aliphatic hydroxyl groups excluding tert-OH is 1. The van der Waals surface area contributed by atoms with Crippen LogP contribution in [-0.2, 0) is 0 Å². The van der Waals surface area contributed by atoms with Crippen LogP contribution in [-0.4, -0.2) is 43.1 Å². The molecule has 1 spiro atoms. The largest absolute Gasteiger partial charge is 0.421 e. The van der Waals surface area contributed by atoms with Crippen molar-refractivity contribution in [3.05, 3.63) is 41.9 Å². The number of aliphatic hydroxyl groups is 1. The second-order valence-electron chi connectivity index (χ2n) is 9.53. The third kappa shape index (κ3) is 3.20. The number of H-pyrrole nitrogens is 1. The number of nitrogens with two attached hydrogens (primary N) is 1. The van der Waals surface area contributed by atoms with Gasteiger partial charge in [-0.25, -0.2) is 14.4 Å². The van der Waals surface area contributed by atoms with Crippen molar-refractivity contribution in [2.24, 2.45) is 11.1 Å². The SMILES string of the molecule is CNc1cc(F)cc2c1[nH]c1nc(Oc3cnc(C(C)O)nc3)nc(C3CC4(CC[C@H]4N)C3)c12. The molecule has 2 fully saturated rings. The van der Waals surface area contributed by atoms with Crippen LogP contribution < -0.4 is 15.8 Å².